The first-order chi connectivity index (χ1) is 11.6. The predicted molar refractivity (Wildman–Crippen MR) is 98.7 cm³/mol. The Labute approximate surface area is 147 Å². The number of carboxylic acids is 1. The van der Waals surface area contributed by atoms with Crippen LogP contribution in [0.5, 0.6) is 0 Å². The van der Waals surface area contributed by atoms with Gasteiger partial charge in [-0.3, -0.25) is 9.69 Å². The second kappa shape index (κ2) is 7.49. The summed E-state index contributed by atoms with van der Waals surface area (Å²) in [5.74, 6) is -0.695. The van der Waals surface area contributed by atoms with Gasteiger partial charge in [-0.25, -0.2) is 0 Å². The van der Waals surface area contributed by atoms with Gasteiger partial charge >= 0.3 is 5.97 Å². The van der Waals surface area contributed by atoms with E-state index < -0.39 is 12.0 Å². The molecule has 0 bridgehead atoms. The Morgan fingerprint density at radius 1 is 1.33 bits per heavy atom. The van der Waals surface area contributed by atoms with Crippen molar-refractivity contribution in [2.75, 3.05) is 6.54 Å². The zero-order valence-corrected chi connectivity index (χ0v) is 15.2. The summed E-state index contributed by atoms with van der Waals surface area (Å²) in [5, 5.41) is 9.72. The number of aryl methyl sites for hydroxylation is 2. The van der Waals surface area contributed by atoms with Crippen LogP contribution in [0.4, 0.5) is 0 Å². The van der Waals surface area contributed by atoms with Crippen molar-refractivity contribution in [3.8, 4) is 0 Å². The molecule has 24 heavy (non-hydrogen) atoms. The van der Waals surface area contributed by atoms with Gasteiger partial charge < -0.3 is 5.11 Å². The Bertz CT molecular complexity index is 709. The average Bonchev–Trinajstić information content (AvgIpc) is 3.04. The molecule has 1 aliphatic rings. The van der Waals surface area contributed by atoms with E-state index in [4.69, 9.17) is 0 Å². The van der Waals surface area contributed by atoms with Gasteiger partial charge in [0, 0.05) is 9.75 Å². The van der Waals surface area contributed by atoms with Gasteiger partial charge in [0.2, 0.25) is 0 Å². The van der Waals surface area contributed by atoms with E-state index in [-0.39, 0.29) is 6.04 Å². The quantitative estimate of drug-likeness (QED) is 0.859. The molecule has 3 rings (SSSR count). The topological polar surface area (TPSA) is 40.5 Å². The molecule has 1 N–H and O–H groups in total. The molecule has 0 saturated carbocycles. The zero-order chi connectivity index (χ0) is 17.1. The van der Waals surface area contributed by atoms with Gasteiger partial charge in [-0.15, -0.1) is 11.3 Å². The smallest absolute Gasteiger partial charge is 0.320 e. The molecule has 0 amide bonds. The first kappa shape index (κ1) is 17.2. The molecule has 2 unspecified atom stereocenters. The summed E-state index contributed by atoms with van der Waals surface area (Å²) in [6, 6.07) is 12.5. The summed E-state index contributed by atoms with van der Waals surface area (Å²) < 4.78 is 0. The molecule has 2 atom stereocenters. The number of carboxylic acid groups (broad SMARTS) is 1. The molecule has 0 radical (unpaired) electrons. The molecule has 1 saturated heterocycles. The predicted octanol–water partition coefficient (Wildman–Crippen LogP) is 4.65. The lowest BCUT2D eigenvalue weighted by atomic mass is 9.94. The van der Waals surface area contributed by atoms with Crippen molar-refractivity contribution in [3.05, 3.63) is 57.3 Å². The Hall–Kier alpha value is -1.65. The Morgan fingerprint density at radius 3 is 2.83 bits per heavy atom. The highest BCUT2D eigenvalue weighted by molar-refractivity contribution is 7.12. The molecule has 4 heteroatoms. The van der Waals surface area contributed by atoms with Crippen molar-refractivity contribution < 1.29 is 9.90 Å². The van der Waals surface area contributed by atoms with E-state index in [0.29, 0.717) is 0 Å². The van der Waals surface area contributed by atoms with Gasteiger partial charge in [0.25, 0.3) is 0 Å². The minimum Gasteiger partial charge on any atom is -0.480 e. The summed E-state index contributed by atoms with van der Waals surface area (Å²) in [5.41, 5.74) is 2.42. The fourth-order valence-corrected chi connectivity index (χ4v) is 4.72. The number of carbonyl (C=O) groups is 1. The van der Waals surface area contributed by atoms with E-state index in [2.05, 4.69) is 55.1 Å². The molecular formula is C20H25NO2S. The lowest BCUT2D eigenvalue weighted by molar-refractivity contribution is -0.145. The first-order valence-electron chi connectivity index (χ1n) is 8.74. The maximum atomic E-state index is 11.8. The lowest BCUT2D eigenvalue weighted by Gasteiger charge is -2.39. The van der Waals surface area contributed by atoms with Crippen LogP contribution in [0, 0.1) is 6.92 Å². The molecular weight excluding hydrogens is 318 g/mol. The minimum atomic E-state index is -0.695. The zero-order valence-electron chi connectivity index (χ0n) is 14.4. The molecule has 1 fully saturated rings. The maximum absolute atomic E-state index is 11.8. The molecule has 2 aromatic rings. The van der Waals surface area contributed by atoms with Gasteiger partial charge in [0.1, 0.15) is 6.04 Å². The van der Waals surface area contributed by atoms with Crippen molar-refractivity contribution in [1.82, 2.24) is 4.90 Å². The highest BCUT2D eigenvalue weighted by atomic mass is 32.1. The number of thiophene rings is 1. The summed E-state index contributed by atoms with van der Waals surface area (Å²) in [4.78, 5) is 16.6. The summed E-state index contributed by atoms with van der Waals surface area (Å²) in [6.45, 7) is 5.10. The van der Waals surface area contributed by atoms with Crippen molar-refractivity contribution in [1.29, 1.82) is 0 Å². The number of rotatable bonds is 5. The third-order valence-corrected chi connectivity index (χ3v) is 6.10. The van der Waals surface area contributed by atoms with Gasteiger partial charge in [-0.05, 0) is 50.4 Å². The molecule has 2 heterocycles. The highest BCUT2D eigenvalue weighted by Crippen LogP contribution is 2.37. The van der Waals surface area contributed by atoms with E-state index in [9.17, 15) is 9.90 Å². The van der Waals surface area contributed by atoms with Crippen LogP contribution in [0.3, 0.4) is 0 Å². The fraction of sp³-hybridized carbons (Fsp3) is 0.450. The van der Waals surface area contributed by atoms with Crippen molar-refractivity contribution >= 4 is 17.3 Å². The van der Waals surface area contributed by atoms with Crippen LogP contribution >= 0.6 is 11.3 Å². The van der Waals surface area contributed by atoms with Crippen LogP contribution in [0.2, 0.25) is 0 Å². The van der Waals surface area contributed by atoms with Crippen LogP contribution in [0.1, 0.15) is 53.1 Å². The standard InChI is InChI=1S/C20H25NO2S/c1-3-16-10-11-18(24-16)19(15-8-6-7-14(2)13-15)21-12-5-4-9-17(21)20(22)23/h6-8,10-11,13,17,19H,3-5,9,12H2,1-2H3,(H,22,23). The molecule has 128 valence electrons. The van der Waals surface area contributed by atoms with E-state index in [0.717, 1.165) is 32.2 Å². The molecule has 1 aromatic carbocycles. The minimum absolute atomic E-state index is 0.0385. The number of hydrogen-bond donors (Lipinski definition) is 1. The number of nitrogens with zero attached hydrogens (tertiary/aromatic N) is 1. The van der Waals surface area contributed by atoms with Crippen LogP contribution in [-0.2, 0) is 11.2 Å². The van der Waals surface area contributed by atoms with Gasteiger partial charge in [0.05, 0.1) is 6.04 Å². The largest absolute Gasteiger partial charge is 0.480 e. The Balaban J connectivity index is 2.05. The number of hydrogen-bond acceptors (Lipinski definition) is 3. The lowest BCUT2D eigenvalue weighted by Crippen LogP contribution is -2.46. The van der Waals surface area contributed by atoms with E-state index >= 15 is 0 Å². The van der Waals surface area contributed by atoms with Crippen LogP contribution in [0.15, 0.2) is 36.4 Å². The Kier molecular flexibility index (Phi) is 5.36. The highest BCUT2D eigenvalue weighted by Gasteiger charge is 2.35. The average molecular weight is 343 g/mol. The number of piperidine rings is 1. The van der Waals surface area contributed by atoms with Gasteiger partial charge in [0.15, 0.2) is 0 Å². The van der Waals surface area contributed by atoms with Crippen molar-refractivity contribution in [2.24, 2.45) is 0 Å². The molecule has 1 aromatic heterocycles. The summed E-state index contributed by atoms with van der Waals surface area (Å²) in [7, 11) is 0. The molecule has 0 spiro atoms. The van der Waals surface area contributed by atoms with Crippen LogP contribution in [-0.4, -0.2) is 28.6 Å². The Morgan fingerprint density at radius 2 is 2.17 bits per heavy atom. The fourth-order valence-electron chi connectivity index (χ4n) is 3.62. The van der Waals surface area contributed by atoms with Crippen molar-refractivity contribution in [3.63, 3.8) is 0 Å². The molecule has 3 nitrogen and oxygen atoms in total. The summed E-state index contributed by atoms with van der Waals surface area (Å²) in [6.07, 6.45) is 3.83. The second-order valence-electron chi connectivity index (χ2n) is 6.56. The van der Waals surface area contributed by atoms with E-state index in [1.54, 1.807) is 0 Å². The van der Waals surface area contributed by atoms with E-state index in [1.807, 2.05) is 11.3 Å². The van der Waals surface area contributed by atoms with Crippen LogP contribution < -0.4 is 0 Å². The normalized spacial score (nSPS) is 20.0. The number of likely N-dealkylation sites (tertiary alicyclic amines) is 1. The van der Waals surface area contributed by atoms with Gasteiger partial charge in [-0.2, -0.15) is 0 Å². The first-order valence-corrected chi connectivity index (χ1v) is 9.55. The van der Waals surface area contributed by atoms with Gasteiger partial charge in [-0.1, -0.05) is 43.2 Å². The number of benzene rings is 1. The third-order valence-electron chi connectivity index (χ3n) is 4.82. The third kappa shape index (κ3) is 3.55. The summed E-state index contributed by atoms with van der Waals surface area (Å²) >= 11 is 1.81. The second-order valence-corrected chi connectivity index (χ2v) is 7.76. The number of aliphatic carboxylic acids is 1. The SMILES string of the molecule is CCc1ccc(C(c2cccc(C)c2)N2CCCCC2C(=O)O)s1. The molecule has 1 aliphatic heterocycles. The maximum Gasteiger partial charge on any atom is 0.320 e. The monoisotopic (exact) mass is 343 g/mol. The molecule has 0 aliphatic carbocycles. The van der Waals surface area contributed by atoms with Crippen molar-refractivity contribution in [2.45, 2.75) is 51.6 Å². The van der Waals surface area contributed by atoms with E-state index in [1.165, 1.54) is 20.9 Å². The van der Waals surface area contributed by atoms with Crippen LogP contribution in [0.25, 0.3) is 0 Å².